The van der Waals surface area contributed by atoms with Gasteiger partial charge in [-0.15, -0.1) is 0 Å². The highest BCUT2D eigenvalue weighted by Crippen LogP contribution is 2.32. The Kier molecular flexibility index (Phi) is 3.05. The summed E-state index contributed by atoms with van der Waals surface area (Å²) in [4.78, 5) is 4.62. The molecule has 2 fully saturated rings. The van der Waals surface area contributed by atoms with Crippen molar-refractivity contribution in [1.82, 2.24) is 5.32 Å². The first-order chi connectivity index (χ1) is 6.72. The van der Waals surface area contributed by atoms with Crippen LogP contribution in [0.4, 0.5) is 0 Å². The monoisotopic (exact) mass is 212 g/mol. The second kappa shape index (κ2) is 4.13. The summed E-state index contributed by atoms with van der Waals surface area (Å²) in [5.74, 6) is 2.18. The van der Waals surface area contributed by atoms with Crippen molar-refractivity contribution in [3.63, 3.8) is 0 Å². The zero-order valence-electron chi connectivity index (χ0n) is 9.18. The van der Waals surface area contributed by atoms with Crippen LogP contribution in [0.1, 0.15) is 39.5 Å². The number of hydrogen-bond donors (Lipinski definition) is 1. The third kappa shape index (κ3) is 2.66. The van der Waals surface area contributed by atoms with E-state index in [2.05, 4.69) is 24.2 Å². The van der Waals surface area contributed by atoms with E-state index in [4.69, 9.17) is 0 Å². The Labute approximate surface area is 90.9 Å². The van der Waals surface area contributed by atoms with E-state index >= 15 is 0 Å². The first-order valence-electron chi connectivity index (χ1n) is 5.67. The van der Waals surface area contributed by atoms with Gasteiger partial charge in [-0.2, -0.15) is 0 Å². The Morgan fingerprint density at radius 3 is 2.93 bits per heavy atom. The van der Waals surface area contributed by atoms with Crippen molar-refractivity contribution in [2.45, 2.75) is 45.1 Å². The summed E-state index contributed by atoms with van der Waals surface area (Å²) >= 11 is 1.88. The summed E-state index contributed by atoms with van der Waals surface area (Å²) in [6.07, 6.45) is 5.37. The van der Waals surface area contributed by atoms with Crippen molar-refractivity contribution in [2.24, 2.45) is 10.9 Å². The van der Waals surface area contributed by atoms with Gasteiger partial charge in [0.1, 0.15) is 0 Å². The third-order valence-corrected chi connectivity index (χ3v) is 4.49. The lowest BCUT2D eigenvalue weighted by Crippen LogP contribution is -2.39. The van der Waals surface area contributed by atoms with Crippen molar-refractivity contribution in [1.29, 1.82) is 0 Å². The van der Waals surface area contributed by atoms with Gasteiger partial charge in [-0.3, -0.25) is 4.99 Å². The van der Waals surface area contributed by atoms with E-state index < -0.39 is 0 Å². The first kappa shape index (κ1) is 10.3. The standard InChI is InChI=1S/C11H20N2S/c1-3-11(2)8-14-10(13-11)12-7-6-9-4-5-9/h9H,3-8H2,1-2H3,(H,12,13). The number of rotatable bonds is 4. The van der Waals surface area contributed by atoms with Crippen LogP contribution in [0.25, 0.3) is 0 Å². The molecule has 1 saturated heterocycles. The number of nitrogens with zero attached hydrogens (tertiary/aromatic N) is 1. The molecule has 0 aromatic heterocycles. The van der Waals surface area contributed by atoms with Gasteiger partial charge in [0, 0.05) is 17.8 Å². The predicted octanol–water partition coefficient (Wildman–Crippen LogP) is 2.65. The average molecular weight is 212 g/mol. The number of nitrogens with one attached hydrogen (secondary N) is 1. The van der Waals surface area contributed by atoms with E-state index in [9.17, 15) is 0 Å². The maximum atomic E-state index is 4.62. The normalized spacial score (nSPS) is 34.9. The second-order valence-electron chi connectivity index (χ2n) is 4.75. The number of aliphatic imine (C=N–C) groups is 1. The fourth-order valence-electron chi connectivity index (χ4n) is 1.59. The zero-order valence-corrected chi connectivity index (χ0v) is 9.99. The molecule has 0 aromatic rings. The van der Waals surface area contributed by atoms with Crippen molar-refractivity contribution >= 4 is 16.9 Å². The summed E-state index contributed by atoms with van der Waals surface area (Å²) in [7, 11) is 0. The smallest absolute Gasteiger partial charge is 0.157 e. The molecule has 1 heterocycles. The van der Waals surface area contributed by atoms with Crippen LogP contribution in [0.2, 0.25) is 0 Å². The molecule has 0 amide bonds. The summed E-state index contributed by atoms with van der Waals surface area (Å²) in [6, 6.07) is 0. The SMILES string of the molecule is CCC1(C)CSC(=NCCC2CC2)N1. The van der Waals surface area contributed by atoms with Gasteiger partial charge >= 0.3 is 0 Å². The van der Waals surface area contributed by atoms with E-state index in [1.54, 1.807) is 0 Å². The van der Waals surface area contributed by atoms with Crippen LogP contribution in [0.3, 0.4) is 0 Å². The molecule has 0 aromatic carbocycles. The molecule has 1 aliphatic carbocycles. The number of hydrogen-bond acceptors (Lipinski definition) is 2. The molecule has 1 aliphatic heterocycles. The van der Waals surface area contributed by atoms with Crippen LogP contribution in [-0.2, 0) is 0 Å². The van der Waals surface area contributed by atoms with Gasteiger partial charge in [0.25, 0.3) is 0 Å². The maximum Gasteiger partial charge on any atom is 0.157 e. The van der Waals surface area contributed by atoms with Crippen LogP contribution < -0.4 is 5.32 Å². The number of amidine groups is 1. The van der Waals surface area contributed by atoms with Crippen molar-refractivity contribution in [3.8, 4) is 0 Å². The van der Waals surface area contributed by atoms with Crippen LogP contribution in [-0.4, -0.2) is 23.0 Å². The average Bonchev–Trinajstić information content (AvgIpc) is 2.91. The van der Waals surface area contributed by atoms with Crippen LogP contribution in [0.15, 0.2) is 4.99 Å². The fraction of sp³-hybridized carbons (Fsp3) is 0.909. The summed E-state index contributed by atoms with van der Waals surface area (Å²) in [5.41, 5.74) is 0.295. The summed E-state index contributed by atoms with van der Waals surface area (Å²) in [6.45, 7) is 5.55. The minimum Gasteiger partial charge on any atom is -0.359 e. The molecular formula is C11H20N2S. The number of thioether (sulfide) groups is 1. The molecule has 1 unspecified atom stereocenters. The molecule has 14 heavy (non-hydrogen) atoms. The molecule has 2 aliphatic rings. The summed E-state index contributed by atoms with van der Waals surface area (Å²) < 4.78 is 0. The van der Waals surface area contributed by atoms with Gasteiger partial charge in [-0.25, -0.2) is 0 Å². The van der Waals surface area contributed by atoms with Crippen molar-refractivity contribution < 1.29 is 0 Å². The largest absolute Gasteiger partial charge is 0.359 e. The Hall–Kier alpha value is -0.180. The molecule has 3 heteroatoms. The lowest BCUT2D eigenvalue weighted by molar-refractivity contribution is 0.466. The van der Waals surface area contributed by atoms with Gasteiger partial charge < -0.3 is 5.32 Å². The molecule has 2 nitrogen and oxygen atoms in total. The Morgan fingerprint density at radius 1 is 1.57 bits per heavy atom. The molecule has 1 N–H and O–H groups in total. The molecule has 0 bridgehead atoms. The Morgan fingerprint density at radius 2 is 2.36 bits per heavy atom. The van der Waals surface area contributed by atoms with Gasteiger partial charge in [0.05, 0.1) is 0 Å². The predicted molar refractivity (Wildman–Crippen MR) is 63.9 cm³/mol. The van der Waals surface area contributed by atoms with Gasteiger partial charge in [0.2, 0.25) is 0 Å². The molecule has 2 rings (SSSR count). The first-order valence-corrected chi connectivity index (χ1v) is 6.66. The van der Waals surface area contributed by atoms with Crippen LogP contribution in [0.5, 0.6) is 0 Å². The highest BCUT2D eigenvalue weighted by atomic mass is 32.2. The van der Waals surface area contributed by atoms with Crippen molar-refractivity contribution in [2.75, 3.05) is 12.3 Å². The van der Waals surface area contributed by atoms with E-state index in [0.717, 1.165) is 12.5 Å². The van der Waals surface area contributed by atoms with E-state index in [1.807, 2.05) is 11.8 Å². The quantitative estimate of drug-likeness (QED) is 0.775. The lowest BCUT2D eigenvalue weighted by atomic mass is 10.0. The molecule has 0 radical (unpaired) electrons. The van der Waals surface area contributed by atoms with E-state index in [-0.39, 0.29) is 0 Å². The maximum absolute atomic E-state index is 4.62. The molecule has 80 valence electrons. The van der Waals surface area contributed by atoms with Crippen LogP contribution >= 0.6 is 11.8 Å². The Balaban J connectivity index is 1.75. The van der Waals surface area contributed by atoms with Crippen LogP contribution in [0, 0.1) is 5.92 Å². The molecule has 0 spiro atoms. The van der Waals surface area contributed by atoms with Gasteiger partial charge in [-0.05, 0) is 25.7 Å². The minimum absolute atomic E-state index is 0.295. The van der Waals surface area contributed by atoms with E-state index in [0.29, 0.717) is 5.54 Å². The second-order valence-corrected chi connectivity index (χ2v) is 5.71. The Bertz CT molecular complexity index is 235. The topological polar surface area (TPSA) is 24.4 Å². The highest BCUT2D eigenvalue weighted by Gasteiger charge is 2.30. The highest BCUT2D eigenvalue weighted by molar-refractivity contribution is 8.14. The molecular weight excluding hydrogens is 192 g/mol. The van der Waals surface area contributed by atoms with Gasteiger partial charge in [0.15, 0.2) is 5.17 Å². The van der Waals surface area contributed by atoms with Crippen molar-refractivity contribution in [3.05, 3.63) is 0 Å². The van der Waals surface area contributed by atoms with Gasteiger partial charge in [-0.1, -0.05) is 31.5 Å². The zero-order chi connectivity index (χ0) is 10.0. The lowest BCUT2D eigenvalue weighted by Gasteiger charge is -2.20. The minimum atomic E-state index is 0.295. The van der Waals surface area contributed by atoms with E-state index in [1.165, 1.54) is 36.6 Å². The molecule has 1 saturated carbocycles. The fourth-order valence-corrected chi connectivity index (χ4v) is 2.82. The third-order valence-electron chi connectivity index (χ3n) is 3.21. The summed E-state index contributed by atoms with van der Waals surface area (Å²) in [5, 5.41) is 4.70. The molecule has 1 atom stereocenters.